The first-order valence-electron chi connectivity index (χ1n) is 12.2. The molecular formula is C28H44O2. The van der Waals surface area contributed by atoms with Crippen molar-refractivity contribution in [3.63, 3.8) is 0 Å². The van der Waals surface area contributed by atoms with Gasteiger partial charge in [0.25, 0.3) is 0 Å². The van der Waals surface area contributed by atoms with Gasteiger partial charge in [0, 0.05) is 5.92 Å². The summed E-state index contributed by atoms with van der Waals surface area (Å²) in [5, 5.41) is 20.3. The number of aliphatic hydroxyl groups is 2. The first kappa shape index (κ1) is 23.5. The summed E-state index contributed by atoms with van der Waals surface area (Å²) < 4.78 is 0. The summed E-state index contributed by atoms with van der Waals surface area (Å²) in [5.74, 6) is 2.08. The van der Waals surface area contributed by atoms with Gasteiger partial charge in [-0.2, -0.15) is 0 Å². The molecule has 6 atom stereocenters. The van der Waals surface area contributed by atoms with Gasteiger partial charge in [-0.3, -0.25) is 0 Å². The second kappa shape index (κ2) is 9.17. The minimum Gasteiger partial charge on any atom is -0.393 e. The Hall–Kier alpha value is -1.12. The Labute approximate surface area is 184 Å². The molecule has 2 heteroatoms. The first-order chi connectivity index (χ1) is 14.0. The second-order valence-electron chi connectivity index (χ2n) is 11.2. The van der Waals surface area contributed by atoms with Gasteiger partial charge in [0.05, 0.1) is 11.7 Å². The molecule has 2 N–H and O–H groups in total. The molecule has 0 radical (unpaired) electrons. The van der Waals surface area contributed by atoms with Crippen LogP contribution in [0.3, 0.4) is 0 Å². The van der Waals surface area contributed by atoms with E-state index in [9.17, 15) is 10.2 Å². The zero-order valence-electron chi connectivity index (χ0n) is 20.0. The van der Waals surface area contributed by atoms with Gasteiger partial charge in [0.15, 0.2) is 0 Å². The van der Waals surface area contributed by atoms with E-state index in [0.29, 0.717) is 23.2 Å². The molecule has 0 bridgehead atoms. The monoisotopic (exact) mass is 412 g/mol. The third kappa shape index (κ3) is 5.02. The van der Waals surface area contributed by atoms with Gasteiger partial charge in [-0.1, -0.05) is 62.8 Å². The molecule has 0 heterocycles. The van der Waals surface area contributed by atoms with Crippen LogP contribution in [0, 0.1) is 29.1 Å². The van der Waals surface area contributed by atoms with E-state index >= 15 is 0 Å². The van der Waals surface area contributed by atoms with Crippen LogP contribution < -0.4 is 0 Å². The molecule has 3 saturated carbocycles. The highest BCUT2D eigenvalue weighted by atomic mass is 16.3. The van der Waals surface area contributed by atoms with Crippen LogP contribution in [0.15, 0.2) is 47.6 Å². The van der Waals surface area contributed by atoms with Gasteiger partial charge in [-0.15, -0.1) is 0 Å². The number of aliphatic hydroxyl groups excluding tert-OH is 1. The normalized spacial score (nSPS) is 37.7. The van der Waals surface area contributed by atoms with Crippen LogP contribution in [0.4, 0.5) is 0 Å². The van der Waals surface area contributed by atoms with Crippen LogP contribution in [0.5, 0.6) is 0 Å². The van der Waals surface area contributed by atoms with E-state index in [-0.39, 0.29) is 12.0 Å². The van der Waals surface area contributed by atoms with E-state index in [1.165, 1.54) is 43.3 Å². The molecule has 0 aliphatic heterocycles. The fourth-order valence-electron chi connectivity index (χ4n) is 6.25. The van der Waals surface area contributed by atoms with Gasteiger partial charge < -0.3 is 10.2 Å². The maximum absolute atomic E-state index is 10.3. The second-order valence-corrected chi connectivity index (χ2v) is 11.2. The largest absolute Gasteiger partial charge is 0.393 e. The number of allylic oxidation sites excluding steroid dienone is 5. The van der Waals surface area contributed by atoms with Gasteiger partial charge in [-0.05, 0) is 94.0 Å². The summed E-state index contributed by atoms with van der Waals surface area (Å²) in [4.78, 5) is 0. The molecule has 3 rings (SSSR count). The fourth-order valence-corrected chi connectivity index (χ4v) is 6.25. The van der Waals surface area contributed by atoms with Crippen LogP contribution in [-0.2, 0) is 0 Å². The number of fused-ring (bicyclic) bond motifs is 1. The average Bonchev–Trinajstić information content (AvgIpc) is 3.03. The molecule has 0 aromatic carbocycles. The summed E-state index contributed by atoms with van der Waals surface area (Å²) in [5.41, 5.74) is 3.78. The topological polar surface area (TPSA) is 40.5 Å². The van der Waals surface area contributed by atoms with Crippen molar-refractivity contribution in [3.8, 4) is 0 Å². The van der Waals surface area contributed by atoms with Crippen LogP contribution >= 0.6 is 0 Å². The lowest BCUT2D eigenvalue weighted by atomic mass is 9.61. The maximum Gasteiger partial charge on any atom is 0.0651 e. The molecule has 0 saturated heterocycles. The van der Waals surface area contributed by atoms with Crippen LogP contribution in [0.2, 0.25) is 0 Å². The Kier molecular flexibility index (Phi) is 7.19. The summed E-state index contributed by atoms with van der Waals surface area (Å²) in [6.07, 6.45) is 18.0. The van der Waals surface area contributed by atoms with E-state index in [0.717, 1.165) is 19.3 Å². The molecule has 3 aliphatic carbocycles. The fraction of sp³-hybridized carbons (Fsp3) is 0.714. The van der Waals surface area contributed by atoms with Crippen molar-refractivity contribution in [1.82, 2.24) is 0 Å². The van der Waals surface area contributed by atoms with Crippen molar-refractivity contribution in [2.75, 3.05) is 0 Å². The third-order valence-corrected chi connectivity index (χ3v) is 8.68. The van der Waals surface area contributed by atoms with E-state index in [1.54, 1.807) is 5.57 Å². The van der Waals surface area contributed by atoms with Gasteiger partial charge >= 0.3 is 0 Å². The van der Waals surface area contributed by atoms with Gasteiger partial charge in [0.1, 0.15) is 0 Å². The molecule has 2 nitrogen and oxygen atoms in total. The van der Waals surface area contributed by atoms with Crippen LogP contribution in [0.25, 0.3) is 0 Å². The molecule has 0 aromatic heterocycles. The highest BCUT2D eigenvalue weighted by molar-refractivity contribution is 5.36. The summed E-state index contributed by atoms with van der Waals surface area (Å²) in [6.45, 7) is 15.0. The van der Waals surface area contributed by atoms with Crippen molar-refractivity contribution in [2.45, 2.75) is 97.7 Å². The number of hydrogen-bond donors (Lipinski definition) is 2. The van der Waals surface area contributed by atoms with E-state index in [1.807, 2.05) is 13.8 Å². The Morgan fingerprint density at radius 2 is 1.83 bits per heavy atom. The van der Waals surface area contributed by atoms with E-state index in [2.05, 4.69) is 51.7 Å². The zero-order valence-corrected chi connectivity index (χ0v) is 20.0. The van der Waals surface area contributed by atoms with E-state index < -0.39 is 5.60 Å². The van der Waals surface area contributed by atoms with Crippen molar-refractivity contribution in [3.05, 3.63) is 47.6 Å². The maximum atomic E-state index is 10.3. The standard InChI is InChI=1S/C28H44O2/c1-19-10-14-24(29)18-23(19)13-12-22-8-7-17-28(6)25(15-16-26(22)28)20(2)9-11-21(3)27(4,5)30/h9,11-13,20-21,24-26,29-30H,1,7-8,10,14-18H2,2-6H3/b11-9+,22-12+,23-13+/t20-,21+,24+,25-,26-,28-/m1/s1. The minimum absolute atomic E-state index is 0.164. The number of rotatable bonds is 5. The molecule has 0 amide bonds. The van der Waals surface area contributed by atoms with Crippen LogP contribution in [-0.4, -0.2) is 21.9 Å². The van der Waals surface area contributed by atoms with E-state index in [4.69, 9.17) is 0 Å². The smallest absolute Gasteiger partial charge is 0.0651 e. The predicted molar refractivity (Wildman–Crippen MR) is 127 cm³/mol. The van der Waals surface area contributed by atoms with Crippen molar-refractivity contribution in [1.29, 1.82) is 0 Å². The molecule has 0 aromatic rings. The lowest BCUT2D eigenvalue weighted by molar-refractivity contribution is 0.0436. The van der Waals surface area contributed by atoms with Gasteiger partial charge in [0.2, 0.25) is 0 Å². The molecule has 0 spiro atoms. The molecule has 3 fully saturated rings. The lowest BCUT2D eigenvalue weighted by Crippen LogP contribution is -2.35. The summed E-state index contributed by atoms with van der Waals surface area (Å²) in [6, 6.07) is 0. The Bertz CT molecular complexity index is 719. The highest BCUT2D eigenvalue weighted by Gasteiger charge is 2.50. The molecule has 3 aliphatic rings. The molecule has 0 unspecified atom stereocenters. The summed E-state index contributed by atoms with van der Waals surface area (Å²) >= 11 is 0. The number of hydrogen-bond acceptors (Lipinski definition) is 2. The Morgan fingerprint density at radius 3 is 2.53 bits per heavy atom. The van der Waals surface area contributed by atoms with Crippen molar-refractivity contribution >= 4 is 0 Å². The Morgan fingerprint density at radius 1 is 1.10 bits per heavy atom. The first-order valence-corrected chi connectivity index (χ1v) is 12.2. The van der Waals surface area contributed by atoms with Crippen molar-refractivity contribution in [2.24, 2.45) is 29.1 Å². The van der Waals surface area contributed by atoms with Crippen LogP contribution in [0.1, 0.15) is 86.0 Å². The SMILES string of the molecule is C=C1CC[C@H](O)C/C1=C\C=C1/CCC[C@@]2(C)[C@@H]1CC[C@@H]2[C@H](C)/C=C/[C@H](C)C(C)(C)O. The minimum atomic E-state index is -0.663. The average molecular weight is 413 g/mol. The lowest BCUT2D eigenvalue weighted by Gasteiger charge is -2.44. The van der Waals surface area contributed by atoms with Gasteiger partial charge in [-0.25, -0.2) is 0 Å². The molecule has 30 heavy (non-hydrogen) atoms. The highest BCUT2D eigenvalue weighted by Crippen LogP contribution is 2.59. The van der Waals surface area contributed by atoms with Crippen molar-refractivity contribution < 1.29 is 10.2 Å². The zero-order chi connectivity index (χ0) is 22.1. The predicted octanol–water partition coefficient (Wildman–Crippen LogP) is 6.76. The third-order valence-electron chi connectivity index (χ3n) is 8.68. The Balaban J connectivity index is 1.75. The molecule has 168 valence electrons. The quantitative estimate of drug-likeness (QED) is 0.490. The summed E-state index contributed by atoms with van der Waals surface area (Å²) in [7, 11) is 0. The molecular weight excluding hydrogens is 368 g/mol.